The number of likely N-dealkylation sites (tertiary alicyclic amines) is 1. The highest BCUT2D eigenvalue weighted by atomic mass is 16.5. The number of rotatable bonds is 4. The van der Waals surface area contributed by atoms with Crippen LogP contribution in [0.1, 0.15) is 12.8 Å². The van der Waals surface area contributed by atoms with E-state index in [1.165, 1.54) is 0 Å². The molecule has 108 valence electrons. The normalized spacial score (nSPS) is 26.9. The third-order valence-corrected chi connectivity index (χ3v) is 4.22. The first-order valence-corrected chi connectivity index (χ1v) is 7.05. The minimum atomic E-state index is -0.217. The lowest BCUT2D eigenvalue weighted by molar-refractivity contribution is -0.139. The molecule has 0 bridgehead atoms. The van der Waals surface area contributed by atoms with Crippen LogP contribution in [0, 0.1) is 5.41 Å². The molecule has 2 aliphatic rings. The van der Waals surface area contributed by atoms with Crippen molar-refractivity contribution in [1.82, 2.24) is 14.9 Å². The fourth-order valence-corrected chi connectivity index (χ4v) is 3.17. The zero-order chi connectivity index (χ0) is 14.0. The van der Waals surface area contributed by atoms with Gasteiger partial charge in [0.15, 0.2) is 0 Å². The van der Waals surface area contributed by atoms with Gasteiger partial charge in [0, 0.05) is 39.1 Å². The van der Waals surface area contributed by atoms with Crippen LogP contribution in [-0.2, 0) is 9.53 Å². The number of hydrogen-bond donors (Lipinski definition) is 0. The van der Waals surface area contributed by atoms with Gasteiger partial charge in [-0.05, 0) is 25.5 Å². The summed E-state index contributed by atoms with van der Waals surface area (Å²) in [5, 5.41) is 0. The van der Waals surface area contributed by atoms with E-state index in [1.807, 2.05) is 0 Å². The number of ether oxygens (including phenoxy) is 1. The average Bonchev–Trinajstić information content (AvgIpc) is 2.51. The first-order valence-electron chi connectivity index (χ1n) is 7.05. The van der Waals surface area contributed by atoms with Crippen molar-refractivity contribution in [2.24, 2.45) is 5.41 Å². The Hall–Kier alpha value is -1.53. The molecule has 0 aliphatic carbocycles. The fourth-order valence-electron chi connectivity index (χ4n) is 3.17. The van der Waals surface area contributed by atoms with Crippen molar-refractivity contribution in [3.8, 4) is 0 Å². The van der Waals surface area contributed by atoms with Crippen LogP contribution in [0.2, 0.25) is 0 Å². The molecule has 1 spiro atoms. The van der Waals surface area contributed by atoms with Crippen LogP contribution in [0.5, 0.6) is 0 Å². The lowest BCUT2D eigenvalue weighted by Gasteiger charge is -2.52. The molecule has 0 radical (unpaired) electrons. The van der Waals surface area contributed by atoms with E-state index in [1.54, 1.807) is 30.5 Å². The van der Waals surface area contributed by atoms with Gasteiger partial charge >= 0.3 is 0 Å². The Kier molecular flexibility index (Phi) is 3.67. The molecule has 0 N–H and O–H groups in total. The zero-order valence-electron chi connectivity index (χ0n) is 11.8. The van der Waals surface area contributed by atoms with Gasteiger partial charge in [-0.25, -0.2) is 9.97 Å². The molecule has 1 aromatic rings. The molecular weight excluding hydrogens is 256 g/mol. The molecule has 1 atom stereocenters. The first kappa shape index (κ1) is 13.5. The maximum absolute atomic E-state index is 12.5. The van der Waals surface area contributed by atoms with Gasteiger partial charge in [0.1, 0.15) is 0 Å². The summed E-state index contributed by atoms with van der Waals surface area (Å²) in [4.78, 5) is 24.9. The fraction of sp³-hybridized carbons (Fsp3) is 0.643. The maximum atomic E-state index is 12.5. The smallest absolute Gasteiger partial charge is 0.238 e. The molecule has 0 saturated carbocycles. The minimum Gasteiger partial charge on any atom is -0.383 e. The van der Waals surface area contributed by atoms with Crippen LogP contribution >= 0.6 is 0 Å². The lowest BCUT2D eigenvalue weighted by atomic mass is 9.72. The summed E-state index contributed by atoms with van der Waals surface area (Å²) in [5.74, 6) is 0.697. The zero-order valence-corrected chi connectivity index (χ0v) is 11.8. The SMILES string of the molecule is COCCN1CCC[C@@]2(C1)CN(c1ncccn1)C2=O. The van der Waals surface area contributed by atoms with Gasteiger partial charge < -0.3 is 4.74 Å². The van der Waals surface area contributed by atoms with Gasteiger partial charge in [-0.3, -0.25) is 14.6 Å². The highest BCUT2D eigenvalue weighted by molar-refractivity contribution is 6.03. The highest BCUT2D eigenvalue weighted by Gasteiger charge is 2.54. The van der Waals surface area contributed by atoms with Crippen LogP contribution in [-0.4, -0.2) is 60.7 Å². The van der Waals surface area contributed by atoms with Crippen molar-refractivity contribution in [2.75, 3.05) is 44.8 Å². The predicted molar refractivity (Wildman–Crippen MR) is 74.4 cm³/mol. The average molecular weight is 276 g/mol. The molecule has 1 amide bonds. The molecule has 2 saturated heterocycles. The molecule has 6 heteroatoms. The highest BCUT2D eigenvalue weighted by Crippen LogP contribution is 2.41. The second-order valence-corrected chi connectivity index (χ2v) is 5.59. The summed E-state index contributed by atoms with van der Waals surface area (Å²) in [7, 11) is 1.71. The van der Waals surface area contributed by atoms with Gasteiger partial charge in [0.2, 0.25) is 11.9 Å². The van der Waals surface area contributed by atoms with Crippen molar-refractivity contribution in [3.05, 3.63) is 18.5 Å². The summed E-state index contributed by atoms with van der Waals surface area (Å²) < 4.78 is 5.12. The van der Waals surface area contributed by atoms with Crippen molar-refractivity contribution < 1.29 is 9.53 Å². The van der Waals surface area contributed by atoms with Crippen LogP contribution in [0.25, 0.3) is 0 Å². The van der Waals surface area contributed by atoms with E-state index in [2.05, 4.69) is 14.9 Å². The minimum absolute atomic E-state index is 0.172. The lowest BCUT2D eigenvalue weighted by Crippen LogP contribution is -2.67. The van der Waals surface area contributed by atoms with E-state index >= 15 is 0 Å². The molecule has 2 fully saturated rings. The van der Waals surface area contributed by atoms with E-state index in [4.69, 9.17) is 4.74 Å². The third-order valence-electron chi connectivity index (χ3n) is 4.22. The maximum Gasteiger partial charge on any atom is 0.238 e. The van der Waals surface area contributed by atoms with Gasteiger partial charge in [0.25, 0.3) is 0 Å². The second-order valence-electron chi connectivity index (χ2n) is 5.59. The van der Waals surface area contributed by atoms with E-state index in [0.29, 0.717) is 5.95 Å². The number of hydrogen-bond acceptors (Lipinski definition) is 5. The molecule has 2 aliphatic heterocycles. The Labute approximate surface area is 118 Å². The number of amides is 1. The van der Waals surface area contributed by atoms with Crippen molar-refractivity contribution in [2.45, 2.75) is 12.8 Å². The van der Waals surface area contributed by atoms with E-state index < -0.39 is 0 Å². The molecule has 6 nitrogen and oxygen atoms in total. The van der Waals surface area contributed by atoms with Gasteiger partial charge in [-0.15, -0.1) is 0 Å². The van der Waals surface area contributed by atoms with Gasteiger partial charge in [-0.2, -0.15) is 0 Å². The number of anilines is 1. The van der Waals surface area contributed by atoms with E-state index in [9.17, 15) is 4.79 Å². The number of carbonyl (C=O) groups is 1. The van der Waals surface area contributed by atoms with Crippen LogP contribution < -0.4 is 4.90 Å². The molecule has 0 unspecified atom stereocenters. The Bertz CT molecular complexity index is 481. The van der Waals surface area contributed by atoms with E-state index in [0.717, 1.165) is 45.6 Å². The topological polar surface area (TPSA) is 58.6 Å². The Morgan fingerprint density at radius 1 is 1.35 bits per heavy atom. The number of carbonyl (C=O) groups excluding carboxylic acids is 1. The van der Waals surface area contributed by atoms with Crippen LogP contribution in [0.15, 0.2) is 18.5 Å². The van der Waals surface area contributed by atoms with Gasteiger partial charge in [-0.1, -0.05) is 0 Å². The summed E-state index contributed by atoms with van der Waals surface area (Å²) in [6, 6.07) is 1.76. The monoisotopic (exact) mass is 276 g/mol. The predicted octanol–water partition coefficient (Wildman–Crippen LogP) is 0.552. The molecular formula is C14H20N4O2. The largest absolute Gasteiger partial charge is 0.383 e. The third kappa shape index (κ3) is 2.29. The molecule has 3 rings (SSSR count). The molecule has 3 heterocycles. The Balaban J connectivity index is 1.65. The number of β-lactam (4-membered cyclic amide) rings is 1. The Morgan fingerprint density at radius 3 is 2.85 bits per heavy atom. The molecule has 0 aromatic carbocycles. The first-order chi connectivity index (χ1) is 9.75. The summed E-state index contributed by atoms with van der Waals surface area (Å²) in [6.07, 6.45) is 5.39. The summed E-state index contributed by atoms with van der Waals surface area (Å²) in [6.45, 7) is 4.24. The molecule has 1 aromatic heterocycles. The number of methoxy groups -OCH3 is 1. The van der Waals surface area contributed by atoms with Gasteiger partial charge in [0.05, 0.1) is 12.0 Å². The summed E-state index contributed by atoms with van der Waals surface area (Å²) in [5.41, 5.74) is -0.217. The second kappa shape index (κ2) is 5.46. The van der Waals surface area contributed by atoms with Crippen LogP contribution in [0.3, 0.4) is 0 Å². The van der Waals surface area contributed by atoms with E-state index in [-0.39, 0.29) is 11.3 Å². The Morgan fingerprint density at radius 2 is 2.15 bits per heavy atom. The number of piperidine rings is 1. The summed E-state index contributed by atoms with van der Waals surface area (Å²) >= 11 is 0. The standard InChI is InChI=1S/C14H20N4O2/c1-20-9-8-17-7-2-4-14(10-17)11-18(12(14)19)13-15-5-3-6-16-13/h3,5-6H,2,4,7-11H2,1H3/t14-/m1/s1. The van der Waals surface area contributed by atoms with Crippen molar-refractivity contribution in [3.63, 3.8) is 0 Å². The van der Waals surface area contributed by atoms with Crippen molar-refractivity contribution in [1.29, 1.82) is 0 Å². The number of aromatic nitrogens is 2. The number of nitrogens with zero attached hydrogens (tertiary/aromatic N) is 4. The van der Waals surface area contributed by atoms with Crippen LogP contribution in [0.4, 0.5) is 5.95 Å². The quantitative estimate of drug-likeness (QED) is 0.752. The van der Waals surface area contributed by atoms with Crippen molar-refractivity contribution >= 4 is 11.9 Å². The molecule has 20 heavy (non-hydrogen) atoms.